The number of halogens is 1. The van der Waals surface area contributed by atoms with Crippen molar-refractivity contribution >= 4 is 17.6 Å². The summed E-state index contributed by atoms with van der Waals surface area (Å²) >= 11 is 5.74. The van der Waals surface area contributed by atoms with E-state index in [-0.39, 0.29) is 12.1 Å². The van der Waals surface area contributed by atoms with Crippen LogP contribution in [0.15, 0.2) is 18.3 Å². The van der Waals surface area contributed by atoms with Crippen LogP contribution < -0.4 is 0 Å². The number of pyridine rings is 1. The van der Waals surface area contributed by atoms with E-state index in [9.17, 15) is 4.79 Å². The van der Waals surface area contributed by atoms with Gasteiger partial charge in [-0.25, -0.2) is 9.78 Å². The summed E-state index contributed by atoms with van der Waals surface area (Å²) < 4.78 is 5.48. The Balaban J connectivity index is 1.97. The Hall–Kier alpha value is -1.09. The minimum Gasteiger partial charge on any atom is -0.459 e. The highest BCUT2D eigenvalue weighted by Gasteiger charge is 2.22. The highest BCUT2D eigenvalue weighted by atomic mass is 35.5. The predicted octanol–water partition coefficient (Wildman–Crippen LogP) is 3.47. The van der Waals surface area contributed by atoms with Gasteiger partial charge < -0.3 is 4.74 Å². The lowest BCUT2D eigenvalue weighted by Crippen LogP contribution is -2.24. The normalized spacial score (nSPS) is 24.4. The third-order valence-electron chi connectivity index (χ3n) is 3.12. The molecule has 2 atom stereocenters. The standard InChI is InChI=1S/C13H16ClNO2/c1-9-3-2-4-11(7-9)17-13(16)10-5-6-15-12(14)8-10/h5-6,8-9,11H,2-4,7H2,1H3. The van der Waals surface area contributed by atoms with Gasteiger partial charge in [0.25, 0.3) is 0 Å². The molecule has 0 amide bonds. The molecule has 1 heterocycles. The summed E-state index contributed by atoms with van der Waals surface area (Å²) in [5.74, 6) is 0.343. The van der Waals surface area contributed by atoms with Crippen molar-refractivity contribution in [3.8, 4) is 0 Å². The Morgan fingerprint density at radius 3 is 3.06 bits per heavy atom. The van der Waals surface area contributed by atoms with Gasteiger partial charge in [0.1, 0.15) is 11.3 Å². The maximum atomic E-state index is 11.9. The van der Waals surface area contributed by atoms with E-state index in [0.717, 1.165) is 19.3 Å². The van der Waals surface area contributed by atoms with E-state index < -0.39 is 0 Å². The molecule has 2 rings (SSSR count). The van der Waals surface area contributed by atoms with Crippen molar-refractivity contribution in [1.82, 2.24) is 4.98 Å². The zero-order valence-electron chi connectivity index (χ0n) is 9.86. The number of carbonyl (C=O) groups is 1. The van der Waals surface area contributed by atoms with Crippen LogP contribution in [0.1, 0.15) is 43.0 Å². The molecule has 1 aromatic heterocycles. The van der Waals surface area contributed by atoms with E-state index in [1.54, 1.807) is 6.07 Å². The van der Waals surface area contributed by atoms with E-state index in [1.165, 1.54) is 18.7 Å². The van der Waals surface area contributed by atoms with Crippen LogP contribution in [-0.2, 0) is 4.74 Å². The van der Waals surface area contributed by atoms with Gasteiger partial charge >= 0.3 is 5.97 Å². The Bertz CT molecular complexity index is 408. The number of carbonyl (C=O) groups excluding carboxylic acids is 1. The second kappa shape index (κ2) is 5.50. The minimum absolute atomic E-state index is 0.0539. The van der Waals surface area contributed by atoms with Crippen molar-refractivity contribution in [2.45, 2.75) is 38.7 Å². The SMILES string of the molecule is CC1CCCC(OC(=O)c2ccnc(Cl)c2)C1. The fourth-order valence-electron chi connectivity index (χ4n) is 2.23. The van der Waals surface area contributed by atoms with Crippen LogP contribution in [0.25, 0.3) is 0 Å². The van der Waals surface area contributed by atoms with Crippen LogP contribution in [0, 0.1) is 5.92 Å². The van der Waals surface area contributed by atoms with Gasteiger partial charge in [-0.1, -0.05) is 24.9 Å². The van der Waals surface area contributed by atoms with Crippen LogP contribution >= 0.6 is 11.6 Å². The zero-order valence-corrected chi connectivity index (χ0v) is 10.6. The number of hydrogen-bond acceptors (Lipinski definition) is 3. The second-order valence-corrected chi connectivity index (χ2v) is 5.05. The number of ether oxygens (including phenoxy) is 1. The predicted molar refractivity (Wildman–Crippen MR) is 66.1 cm³/mol. The monoisotopic (exact) mass is 253 g/mol. The van der Waals surface area contributed by atoms with Crippen LogP contribution in [0.4, 0.5) is 0 Å². The van der Waals surface area contributed by atoms with Gasteiger partial charge in [-0.15, -0.1) is 0 Å². The van der Waals surface area contributed by atoms with Gasteiger partial charge in [0.15, 0.2) is 0 Å². The molecule has 3 nitrogen and oxygen atoms in total. The molecule has 0 spiro atoms. The fourth-order valence-corrected chi connectivity index (χ4v) is 2.41. The zero-order chi connectivity index (χ0) is 12.3. The molecule has 1 aromatic rings. The Kier molecular flexibility index (Phi) is 4.00. The summed E-state index contributed by atoms with van der Waals surface area (Å²) in [6.07, 6.45) is 5.87. The summed E-state index contributed by atoms with van der Waals surface area (Å²) in [4.78, 5) is 15.7. The van der Waals surface area contributed by atoms with Crippen LogP contribution in [0.3, 0.4) is 0 Å². The smallest absolute Gasteiger partial charge is 0.338 e. The van der Waals surface area contributed by atoms with Gasteiger partial charge in [0.2, 0.25) is 0 Å². The van der Waals surface area contributed by atoms with Gasteiger partial charge in [0, 0.05) is 6.20 Å². The van der Waals surface area contributed by atoms with E-state index in [0.29, 0.717) is 16.6 Å². The van der Waals surface area contributed by atoms with E-state index >= 15 is 0 Å². The highest BCUT2D eigenvalue weighted by molar-refractivity contribution is 6.29. The number of esters is 1. The lowest BCUT2D eigenvalue weighted by molar-refractivity contribution is 0.0155. The molecule has 1 fully saturated rings. The van der Waals surface area contributed by atoms with Crippen molar-refractivity contribution in [3.05, 3.63) is 29.0 Å². The fraction of sp³-hybridized carbons (Fsp3) is 0.538. The molecule has 0 aliphatic heterocycles. The molecule has 2 unspecified atom stereocenters. The topological polar surface area (TPSA) is 39.2 Å². The quantitative estimate of drug-likeness (QED) is 0.598. The Morgan fingerprint density at radius 1 is 1.53 bits per heavy atom. The number of aromatic nitrogens is 1. The molecular weight excluding hydrogens is 238 g/mol. The molecule has 4 heteroatoms. The molecule has 0 radical (unpaired) electrons. The molecule has 1 aliphatic rings. The maximum Gasteiger partial charge on any atom is 0.338 e. The van der Waals surface area contributed by atoms with E-state index in [2.05, 4.69) is 11.9 Å². The lowest BCUT2D eigenvalue weighted by atomic mass is 9.89. The van der Waals surface area contributed by atoms with Crippen LogP contribution in [0.5, 0.6) is 0 Å². The summed E-state index contributed by atoms with van der Waals surface area (Å²) in [6, 6.07) is 3.16. The highest BCUT2D eigenvalue weighted by Crippen LogP contribution is 2.26. The van der Waals surface area contributed by atoms with Gasteiger partial charge in [0.05, 0.1) is 5.56 Å². The third kappa shape index (κ3) is 3.43. The first-order valence-corrected chi connectivity index (χ1v) is 6.35. The first-order chi connectivity index (χ1) is 8.15. The molecule has 17 heavy (non-hydrogen) atoms. The van der Waals surface area contributed by atoms with Crippen molar-refractivity contribution in [2.75, 3.05) is 0 Å². The van der Waals surface area contributed by atoms with Crippen LogP contribution in [-0.4, -0.2) is 17.1 Å². The number of hydrogen-bond donors (Lipinski definition) is 0. The minimum atomic E-state index is -0.298. The van der Waals surface area contributed by atoms with E-state index in [4.69, 9.17) is 16.3 Å². The maximum absolute atomic E-state index is 11.9. The largest absolute Gasteiger partial charge is 0.459 e. The van der Waals surface area contributed by atoms with Crippen molar-refractivity contribution < 1.29 is 9.53 Å². The van der Waals surface area contributed by atoms with Gasteiger partial charge in [-0.3, -0.25) is 0 Å². The first kappa shape index (κ1) is 12.4. The summed E-state index contributed by atoms with van der Waals surface area (Å²) in [5, 5.41) is 0.316. The molecule has 0 bridgehead atoms. The number of nitrogens with zero attached hydrogens (tertiary/aromatic N) is 1. The first-order valence-electron chi connectivity index (χ1n) is 5.97. The second-order valence-electron chi connectivity index (χ2n) is 4.67. The van der Waals surface area contributed by atoms with Crippen molar-refractivity contribution in [1.29, 1.82) is 0 Å². The molecule has 0 N–H and O–H groups in total. The van der Waals surface area contributed by atoms with Crippen molar-refractivity contribution in [3.63, 3.8) is 0 Å². The van der Waals surface area contributed by atoms with Crippen LogP contribution in [0.2, 0.25) is 5.15 Å². The molecule has 0 saturated heterocycles. The molecule has 92 valence electrons. The van der Waals surface area contributed by atoms with E-state index in [1.807, 2.05) is 0 Å². The molecular formula is C13H16ClNO2. The average molecular weight is 254 g/mol. The molecule has 1 aliphatic carbocycles. The number of rotatable bonds is 2. The Morgan fingerprint density at radius 2 is 2.35 bits per heavy atom. The lowest BCUT2D eigenvalue weighted by Gasteiger charge is -2.26. The Labute approximate surface area is 106 Å². The average Bonchev–Trinajstić information content (AvgIpc) is 2.29. The molecule has 0 aromatic carbocycles. The van der Waals surface area contributed by atoms with Gasteiger partial charge in [-0.2, -0.15) is 0 Å². The summed E-state index contributed by atoms with van der Waals surface area (Å²) in [5.41, 5.74) is 0.475. The summed E-state index contributed by atoms with van der Waals surface area (Å²) in [6.45, 7) is 2.20. The van der Waals surface area contributed by atoms with Crippen molar-refractivity contribution in [2.24, 2.45) is 5.92 Å². The summed E-state index contributed by atoms with van der Waals surface area (Å²) in [7, 11) is 0. The molecule has 1 saturated carbocycles. The van der Waals surface area contributed by atoms with Gasteiger partial charge in [-0.05, 0) is 37.3 Å². The third-order valence-corrected chi connectivity index (χ3v) is 3.33.